The van der Waals surface area contributed by atoms with Gasteiger partial charge in [0.1, 0.15) is 5.75 Å². The molecule has 1 atom stereocenters. The maximum Gasteiger partial charge on any atom is 0.251 e. The SMILES string of the molecule is CCN(CC)C(CNC(=O)c1cccc(CN2CCCC2=O)c1)c1cccc(OC)c1. The van der Waals surface area contributed by atoms with E-state index >= 15 is 0 Å². The van der Waals surface area contributed by atoms with E-state index in [-0.39, 0.29) is 17.9 Å². The third kappa shape index (κ3) is 5.85. The van der Waals surface area contributed by atoms with Crippen LogP contribution >= 0.6 is 0 Å². The fraction of sp³-hybridized carbons (Fsp3) is 0.440. The van der Waals surface area contributed by atoms with Gasteiger partial charge < -0.3 is 15.0 Å². The molecule has 0 radical (unpaired) electrons. The number of likely N-dealkylation sites (tertiary alicyclic amines) is 1. The molecule has 1 unspecified atom stereocenters. The smallest absolute Gasteiger partial charge is 0.251 e. The molecule has 1 aliphatic heterocycles. The van der Waals surface area contributed by atoms with E-state index in [1.165, 1.54) is 0 Å². The van der Waals surface area contributed by atoms with Crippen LogP contribution in [0.2, 0.25) is 0 Å². The van der Waals surface area contributed by atoms with Crippen molar-refractivity contribution in [3.63, 3.8) is 0 Å². The van der Waals surface area contributed by atoms with Gasteiger partial charge in [0, 0.05) is 31.6 Å². The molecule has 1 N–H and O–H groups in total. The first-order chi connectivity index (χ1) is 15.0. The molecule has 0 bridgehead atoms. The Labute approximate surface area is 185 Å². The van der Waals surface area contributed by atoms with Gasteiger partial charge in [0.25, 0.3) is 5.91 Å². The molecule has 1 saturated heterocycles. The standard InChI is InChI=1S/C25H33N3O3/c1-4-27(5-2)23(20-10-7-12-22(16-20)31-3)17-26-25(30)21-11-6-9-19(15-21)18-28-14-8-13-24(28)29/h6-7,9-12,15-16,23H,4-5,8,13-14,17-18H2,1-3H3,(H,26,30). The Balaban J connectivity index is 1.70. The van der Waals surface area contributed by atoms with Gasteiger partial charge in [0.2, 0.25) is 5.91 Å². The van der Waals surface area contributed by atoms with Crippen LogP contribution in [0.25, 0.3) is 0 Å². The zero-order valence-corrected chi connectivity index (χ0v) is 18.8. The molecule has 0 aliphatic carbocycles. The highest BCUT2D eigenvalue weighted by Crippen LogP contribution is 2.24. The minimum absolute atomic E-state index is 0.0551. The number of hydrogen-bond donors (Lipinski definition) is 1. The van der Waals surface area contributed by atoms with Crippen molar-refractivity contribution in [1.29, 1.82) is 0 Å². The van der Waals surface area contributed by atoms with Gasteiger partial charge in [-0.25, -0.2) is 0 Å². The predicted molar refractivity (Wildman–Crippen MR) is 122 cm³/mol. The largest absolute Gasteiger partial charge is 0.497 e. The van der Waals surface area contributed by atoms with Gasteiger partial charge in [0.05, 0.1) is 13.2 Å². The molecule has 6 heteroatoms. The molecule has 2 amide bonds. The lowest BCUT2D eigenvalue weighted by molar-refractivity contribution is -0.128. The molecule has 2 aromatic rings. The van der Waals surface area contributed by atoms with Crippen molar-refractivity contribution in [2.75, 3.05) is 33.3 Å². The third-order valence-corrected chi connectivity index (χ3v) is 5.92. The second kappa shape index (κ2) is 11.0. The first-order valence-electron chi connectivity index (χ1n) is 11.1. The molecule has 1 fully saturated rings. The number of benzene rings is 2. The van der Waals surface area contributed by atoms with E-state index in [1.54, 1.807) is 7.11 Å². The van der Waals surface area contributed by atoms with E-state index in [2.05, 4.69) is 30.1 Å². The fourth-order valence-corrected chi connectivity index (χ4v) is 4.16. The Hall–Kier alpha value is -2.86. The number of carbonyl (C=O) groups is 2. The summed E-state index contributed by atoms with van der Waals surface area (Å²) in [5.74, 6) is 0.898. The molecule has 0 spiro atoms. The number of ether oxygens (including phenoxy) is 1. The van der Waals surface area contributed by atoms with E-state index in [0.717, 1.165) is 42.9 Å². The molecule has 0 aromatic heterocycles. The predicted octanol–water partition coefficient (Wildman–Crippen LogP) is 3.63. The number of amides is 2. The lowest BCUT2D eigenvalue weighted by atomic mass is 10.0. The number of likely N-dealkylation sites (N-methyl/N-ethyl adjacent to an activating group) is 1. The molecular weight excluding hydrogens is 390 g/mol. The van der Waals surface area contributed by atoms with Gasteiger partial charge in [0.15, 0.2) is 0 Å². The van der Waals surface area contributed by atoms with Crippen LogP contribution in [0, 0.1) is 0 Å². The van der Waals surface area contributed by atoms with Gasteiger partial charge in [-0.15, -0.1) is 0 Å². The summed E-state index contributed by atoms with van der Waals surface area (Å²) in [7, 11) is 1.66. The van der Waals surface area contributed by atoms with Gasteiger partial charge in [-0.1, -0.05) is 38.1 Å². The molecule has 0 saturated carbocycles. The number of rotatable bonds is 10. The summed E-state index contributed by atoms with van der Waals surface area (Å²) in [5.41, 5.74) is 2.72. The maximum atomic E-state index is 12.9. The van der Waals surface area contributed by atoms with E-state index < -0.39 is 0 Å². The first-order valence-corrected chi connectivity index (χ1v) is 11.1. The average Bonchev–Trinajstić information content (AvgIpc) is 3.20. The Bertz CT molecular complexity index is 895. The Morgan fingerprint density at radius 2 is 1.94 bits per heavy atom. The Morgan fingerprint density at radius 3 is 2.61 bits per heavy atom. The number of carbonyl (C=O) groups excluding carboxylic acids is 2. The van der Waals surface area contributed by atoms with Crippen LogP contribution in [-0.4, -0.2) is 54.9 Å². The van der Waals surface area contributed by atoms with Crippen LogP contribution in [0.1, 0.15) is 54.2 Å². The molecule has 3 rings (SSSR count). The topological polar surface area (TPSA) is 61.9 Å². The monoisotopic (exact) mass is 423 g/mol. The Morgan fingerprint density at radius 1 is 1.16 bits per heavy atom. The second-order valence-electron chi connectivity index (χ2n) is 7.84. The molecule has 2 aromatic carbocycles. The summed E-state index contributed by atoms with van der Waals surface area (Å²) in [6.45, 7) is 7.88. The summed E-state index contributed by atoms with van der Waals surface area (Å²) >= 11 is 0. The lowest BCUT2D eigenvalue weighted by Crippen LogP contribution is -2.38. The van der Waals surface area contributed by atoms with Crippen molar-refractivity contribution in [2.24, 2.45) is 0 Å². The number of nitrogens with zero attached hydrogens (tertiary/aromatic N) is 2. The highest BCUT2D eigenvalue weighted by molar-refractivity contribution is 5.94. The minimum atomic E-state index is -0.102. The van der Waals surface area contributed by atoms with Gasteiger partial charge in [-0.05, 0) is 54.9 Å². The summed E-state index contributed by atoms with van der Waals surface area (Å²) < 4.78 is 5.39. The molecule has 1 aliphatic rings. The lowest BCUT2D eigenvalue weighted by Gasteiger charge is -2.30. The number of methoxy groups -OCH3 is 1. The van der Waals surface area contributed by atoms with E-state index in [1.807, 2.05) is 47.4 Å². The average molecular weight is 424 g/mol. The van der Waals surface area contributed by atoms with Crippen molar-refractivity contribution < 1.29 is 14.3 Å². The summed E-state index contributed by atoms with van der Waals surface area (Å²) in [5, 5.41) is 3.11. The normalized spacial score (nSPS) is 14.7. The zero-order chi connectivity index (χ0) is 22.2. The van der Waals surface area contributed by atoms with Crippen molar-refractivity contribution in [3.05, 3.63) is 65.2 Å². The van der Waals surface area contributed by atoms with Crippen LogP contribution in [0.4, 0.5) is 0 Å². The van der Waals surface area contributed by atoms with Crippen LogP contribution < -0.4 is 10.1 Å². The number of hydrogen-bond acceptors (Lipinski definition) is 4. The highest BCUT2D eigenvalue weighted by atomic mass is 16.5. The first kappa shape index (κ1) is 22.8. The van der Waals surface area contributed by atoms with Crippen molar-refractivity contribution in [2.45, 2.75) is 39.3 Å². The van der Waals surface area contributed by atoms with Crippen LogP contribution in [0.15, 0.2) is 48.5 Å². The summed E-state index contributed by atoms with van der Waals surface area (Å²) in [6.07, 6.45) is 1.53. The minimum Gasteiger partial charge on any atom is -0.497 e. The zero-order valence-electron chi connectivity index (χ0n) is 18.8. The quantitative estimate of drug-likeness (QED) is 0.634. The van der Waals surface area contributed by atoms with Crippen LogP contribution in [0.5, 0.6) is 5.75 Å². The van der Waals surface area contributed by atoms with Crippen LogP contribution in [-0.2, 0) is 11.3 Å². The Kier molecular flexibility index (Phi) is 8.06. The van der Waals surface area contributed by atoms with Gasteiger partial charge in [-0.2, -0.15) is 0 Å². The highest BCUT2D eigenvalue weighted by Gasteiger charge is 2.22. The van der Waals surface area contributed by atoms with Crippen molar-refractivity contribution >= 4 is 11.8 Å². The third-order valence-electron chi connectivity index (χ3n) is 5.92. The van der Waals surface area contributed by atoms with E-state index in [4.69, 9.17) is 4.74 Å². The van der Waals surface area contributed by atoms with E-state index in [0.29, 0.717) is 25.1 Å². The van der Waals surface area contributed by atoms with Gasteiger partial charge in [-0.3, -0.25) is 14.5 Å². The fourth-order valence-electron chi connectivity index (χ4n) is 4.16. The van der Waals surface area contributed by atoms with Crippen molar-refractivity contribution in [1.82, 2.24) is 15.1 Å². The molecule has 1 heterocycles. The van der Waals surface area contributed by atoms with Gasteiger partial charge >= 0.3 is 0 Å². The maximum absolute atomic E-state index is 12.9. The van der Waals surface area contributed by atoms with Crippen molar-refractivity contribution in [3.8, 4) is 5.75 Å². The summed E-state index contributed by atoms with van der Waals surface area (Å²) in [6, 6.07) is 15.6. The van der Waals surface area contributed by atoms with E-state index in [9.17, 15) is 9.59 Å². The molecule has 166 valence electrons. The number of nitrogens with one attached hydrogen (secondary N) is 1. The molecule has 31 heavy (non-hydrogen) atoms. The second-order valence-corrected chi connectivity index (χ2v) is 7.84. The molecule has 6 nitrogen and oxygen atoms in total. The summed E-state index contributed by atoms with van der Waals surface area (Å²) in [4.78, 5) is 29.0. The van der Waals surface area contributed by atoms with Crippen LogP contribution in [0.3, 0.4) is 0 Å². The molecular formula is C25H33N3O3.